The average molecular weight is 274 g/mol. The first-order chi connectivity index (χ1) is 9.48. The fourth-order valence-corrected chi connectivity index (χ4v) is 1.99. The Hall–Kier alpha value is -2.35. The molecule has 0 atom stereocenters. The van der Waals surface area contributed by atoms with Crippen LogP contribution in [0, 0.1) is 22.5 Å². The van der Waals surface area contributed by atoms with E-state index in [1.54, 1.807) is 18.2 Å². The van der Waals surface area contributed by atoms with E-state index in [0.717, 1.165) is 0 Å². The van der Waals surface area contributed by atoms with Crippen LogP contribution in [-0.4, -0.2) is 16.4 Å². The van der Waals surface area contributed by atoms with Gasteiger partial charge in [-0.25, -0.2) is 0 Å². The average Bonchev–Trinajstić information content (AvgIpc) is 2.45. The monoisotopic (exact) mass is 274 g/mol. The van der Waals surface area contributed by atoms with Crippen molar-refractivity contribution in [2.45, 2.75) is 38.6 Å². The number of carbonyl (C=O) groups excluding carboxylic acids is 1. The van der Waals surface area contributed by atoms with Crippen LogP contribution in [0.25, 0.3) is 0 Å². The summed E-state index contributed by atoms with van der Waals surface area (Å²) in [6.45, 7) is 3.79. The number of nitro groups is 1. The van der Waals surface area contributed by atoms with E-state index in [9.17, 15) is 14.9 Å². The molecule has 20 heavy (non-hydrogen) atoms. The second kappa shape index (κ2) is 6.71. The second-order valence-corrected chi connectivity index (χ2v) is 4.54. The number of nitrogens with zero attached hydrogens (tertiary/aromatic N) is 1. The van der Waals surface area contributed by atoms with E-state index in [1.165, 1.54) is 6.07 Å². The first-order valence-corrected chi connectivity index (χ1v) is 6.49. The molecule has 5 heteroatoms. The molecule has 1 rings (SSSR count). The van der Waals surface area contributed by atoms with Gasteiger partial charge in [0, 0.05) is 11.6 Å². The summed E-state index contributed by atoms with van der Waals surface area (Å²) in [5.41, 5.74) is -0.351. The van der Waals surface area contributed by atoms with Crippen LogP contribution >= 0.6 is 0 Å². The zero-order valence-corrected chi connectivity index (χ0v) is 11.7. The molecule has 1 aromatic rings. The Bertz CT molecular complexity index is 542. The summed E-state index contributed by atoms with van der Waals surface area (Å²) < 4.78 is 0. The lowest BCUT2D eigenvalue weighted by Gasteiger charge is -2.27. The van der Waals surface area contributed by atoms with Gasteiger partial charge in [0.2, 0.25) is 5.91 Å². The van der Waals surface area contributed by atoms with Gasteiger partial charge in [0.1, 0.15) is 5.54 Å². The summed E-state index contributed by atoms with van der Waals surface area (Å²) in [5.74, 6) is 2.30. The lowest BCUT2D eigenvalue weighted by atomic mass is 9.93. The van der Waals surface area contributed by atoms with Gasteiger partial charge in [-0.3, -0.25) is 14.9 Å². The Morgan fingerprint density at radius 3 is 2.50 bits per heavy atom. The van der Waals surface area contributed by atoms with Crippen molar-refractivity contribution in [3.8, 4) is 12.3 Å². The van der Waals surface area contributed by atoms with Crippen LogP contribution in [-0.2, 0) is 11.2 Å². The number of hydrogen-bond acceptors (Lipinski definition) is 3. The summed E-state index contributed by atoms with van der Waals surface area (Å²) in [6.07, 6.45) is 6.65. The molecule has 1 amide bonds. The molecule has 0 aliphatic heterocycles. The van der Waals surface area contributed by atoms with Gasteiger partial charge in [0.05, 0.1) is 11.3 Å². The molecule has 0 saturated heterocycles. The fraction of sp³-hybridized carbons (Fsp3) is 0.400. The highest BCUT2D eigenvalue weighted by Crippen LogP contribution is 2.19. The van der Waals surface area contributed by atoms with E-state index >= 15 is 0 Å². The molecule has 0 aliphatic carbocycles. The predicted molar refractivity (Wildman–Crippen MR) is 77.1 cm³/mol. The molecule has 0 aliphatic rings. The lowest BCUT2D eigenvalue weighted by Crippen LogP contribution is -2.47. The molecule has 0 heterocycles. The summed E-state index contributed by atoms with van der Waals surface area (Å²) in [7, 11) is 0. The van der Waals surface area contributed by atoms with Gasteiger partial charge in [-0.2, -0.15) is 0 Å². The van der Waals surface area contributed by atoms with Crippen molar-refractivity contribution in [3.05, 3.63) is 39.9 Å². The quantitative estimate of drug-likeness (QED) is 0.492. The van der Waals surface area contributed by atoms with Crippen LogP contribution in [0.4, 0.5) is 5.69 Å². The van der Waals surface area contributed by atoms with Crippen LogP contribution in [0.5, 0.6) is 0 Å². The van der Waals surface area contributed by atoms with Crippen LogP contribution in [0.3, 0.4) is 0 Å². The molecule has 0 radical (unpaired) electrons. The van der Waals surface area contributed by atoms with E-state index in [4.69, 9.17) is 6.42 Å². The molecule has 0 fully saturated rings. The molecule has 106 valence electrons. The Kier molecular flexibility index (Phi) is 5.27. The normalized spacial score (nSPS) is 10.7. The van der Waals surface area contributed by atoms with Gasteiger partial charge in [0.15, 0.2) is 0 Å². The van der Waals surface area contributed by atoms with Gasteiger partial charge in [-0.15, -0.1) is 6.42 Å². The SMILES string of the molecule is C#CC(CC)(CC)NC(=O)Cc1ccccc1[N+](=O)[O-]. The third-order valence-corrected chi connectivity index (χ3v) is 3.40. The maximum absolute atomic E-state index is 12.1. The zero-order chi connectivity index (χ0) is 15.2. The number of amides is 1. The smallest absolute Gasteiger partial charge is 0.273 e. The number of nitrogens with one attached hydrogen (secondary N) is 1. The van der Waals surface area contributed by atoms with Crippen LogP contribution < -0.4 is 5.32 Å². The maximum Gasteiger partial charge on any atom is 0.273 e. The van der Waals surface area contributed by atoms with E-state index in [0.29, 0.717) is 18.4 Å². The summed E-state index contributed by atoms with van der Waals surface area (Å²) in [5, 5.41) is 13.7. The number of rotatable bonds is 6. The van der Waals surface area contributed by atoms with Gasteiger partial charge in [0.25, 0.3) is 5.69 Å². The summed E-state index contributed by atoms with van der Waals surface area (Å²) in [4.78, 5) is 22.5. The van der Waals surface area contributed by atoms with E-state index in [-0.39, 0.29) is 18.0 Å². The van der Waals surface area contributed by atoms with Crippen molar-refractivity contribution in [1.82, 2.24) is 5.32 Å². The van der Waals surface area contributed by atoms with Gasteiger partial charge < -0.3 is 5.32 Å². The van der Waals surface area contributed by atoms with Crippen molar-refractivity contribution < 1.29 is 9.72 Å². The van der Waals surface area contributed by atoms with Crippen LogP contribution in [0.2, 0.25) is 0 Å². The number of carbonyl (C=O) groups is 1. The largest absolute Gasteiger partial charge is 0.340 e. The Morgan fingerprint density at radius 2 is 2.00 bits per heavy atom. The molecule has 1 aromatic carbocycles. The second-order valence-electron chi connectivity index (χ2n) is 4.54. The Balaban J connectivity index is 2.87. The van der Waals surface area contributed by atoms with Crippen molar-refractivity contribution in [1.29, 1.82) is 0 Å². The van der Waals surface area contributed by atoms with Crippen molar-refractivity contribution in [3.63, 3.8) is 0 Å². The number of nitro benzene ring substituents is 1. The highest BCUT2D eigenvalue weighted by atomic mass is 16.6. The molecular weight excluding hydrogens is 256 g/mol. The van der Waals surface area contributed by atoms with Gasteiger partial charge >= 0.3 is 0 Å². The molecular formula is C15H18N2O3. The van der Waals surface area contributed by atoms with Crippen molar-refractivity contribution in [2.75, 3.05) is 0 Å². The highest BCUT2D eigenvalue weighted by Gasteiger charge is 2.26. The number of para-hydroxylation sites is 1. The summed E-state index contributed by atoms with van der Waals surface area (Å²) >= 11 is 0. The van der Waals surface area contributed by atoms with Crippen LogP contribution in [0.1, 0.15) is 32.3 Å². The Morgan fingerprint density at radius 1 is 1.40 bits per heavy atom. The van der Waals surface area contributed by atoms with Crippen LogP contribution in [0.15, 0.2) is 24.3 Å². The minimum absolute atomic E-state index is 0.0537. The molecule has 0 spiro atoms. The molecule has 0 unspecified atom stereocenters. The van der Waals surface area contributed by atoms with Crippen molar-refractivity contribution in [2.24, 2.45) is 0 Å². The molecule has 5 nitrogen and oxygen atoms in total. The first kappa shape index (κ1) is 15.7. The fourth-order valence-electron chi connectivity index (χ4n) is 1.99. The van der Waals surface area contributed by atoms with E-state index in [1.807, 2.05) is 13.8 Å². The third-order valence-electron chi connectivity index (χ3n) is 3.40. The third kappa shape index (κ3) is 3.58. The molecule has 0 aromatic heterocycles. The number of benzene rings is 1. The van der Waals surface area contributed by atoms with Crippen molar-refractivity contribution >= 4 is 11.6 Å². The van der Waals surface area contributed by atoms with Gasteiger partial charge in [-0.1, -0.05) is 38.0 Å². The minimum atomic E-state index is -0.680. The standard InChI is InChI=1S/C15H18N2O3/c1-4-15(5-2,6-3)16-14(18)11-12-9-7-8-10-13(12)17(19)20/h1,7-10H,5-6,11H2,2-3H3,(H,16,18). The Labute approximate surface area is 118 Å². The minimum Gasteiger partial charge on any atom is -0.340 e. The molecule has 0 saturated carbocycles. The van der Waals surface area contributed by atoms with E-state index in [2.05, 4.69) is 11.2 Å². The maximum atomic E-state index is 12.1. The molecule has 0 bridgehead atoms. The predicted octanol–water partition coefficient (Wildman–Crippen LogP) is 2.45. The first-order valence-electron chi connectivity index (χ1n) is 6.49. The molecule has 1 N–H and O–H groups in total. The highest BCUT2D eigenvalue weighted by molar-refractivity contribution is 5.81. The summed E-state index contributed by atoms with van der Waals surface area (Å²) in [6, 6.07) is 6.21. The lowest BCUT2D eigenvalue weighted by molar-refractivity contribution is -0.385. The topological polar surface area (TPSA) is 72.2 Å². The van der Waals surface area contributed by atoms with Gasteiger partial charge in [-0.05, 0) is 12.8 Å². The zero-order valence-electron chi connectivity index (χ0n) is 11.7. The number of hydrogen-bond donors (Lipinski definition) is 1. The number of terminal acetylenes is 1. The van der Waals surface area contributed by atoms with E-state index < -0.39 is 10.5 Å².